The molecule has 94 valence electrons. The fraction of sp³-hybridized carbons (Fsp3) is 0.333. The van der Waals surface area contributed by atoms with Gasteiger partial charge in [0.15, 0.2) is 0 Å². The molecule has 0 saturated heterocycles. The van der Waals surface area contributed by atoms with E-state index in [-0.39, 0.29) is 0 Å². The van der Waals surface area contributed by atoms with Gasteiger partial charge in [0.05, 0.1) is 12.2 Å². The quantitative estimate of drug-likeness (QED) is 0.894. The lowest BCUT2D eigenvalue weighted by Gasteiger charge is -2.07. The van der Waals surface area contributed by atoms with Gasteiger partial charge >= 0.3 is 0 Å². The topological polar surface area (TPSA) is 37.8 Å². The molecule has 3 heteroatoms. The van der Waals surface area contributed by atoms with Crippen molar-refractivity contribution in [2.75, 3.05) is 6.54 Å². The minimum absolute atomic E-state index is 0.719. The Morgan fingerprint density at radius 2 is 1.94 bits per heavy atom. The Morgan fingerprint density at radius 1 is 1.11 bits per heavy atom. The molecule has 0 bridgehead atoms. The molecular formula is C15H19N3. The summed E-state index contributed by atoms with van der Waals surface area (Å²) in [5.74, 6) is 0.855. The zero-order valence-electron chi connectivity index (χ0n) is 11.2. The second kappa shape index (κ2) is 5.74. The summed E-state index contributed by atoms with van der Waals surface area (Å²) in [6, 6.07) is 10.4. The van der Waals surface area contributed by atoms with Crippen LogP contribution in [0, 0.1) is 13.8 Å². The van der Waals surface area contributed by atoms with E-state index in [0.717, 1.165) is 35.9 Å². The highest BCUT2D eigenvalue weighted by molar-refractivity contribution is 5.60. The third kappa shape index (κ3) is 3.14. The monoisotopic (exact) mass is 241 g/mol. The van der Waals surface area contributed by atoms with Crippen LogP contribution < -0.4 is 5.32 Å². The molecule has 2 aromatic rings. The van der Waals surface area contributed by atoms with Crippen molar-refractivity contribution in [3.8, 4) is 11.3 Å². The van der Waals surface area contributed by atoms with Gasteiger partial charge in [-0.3, -0.25) is 0 Å². The van der Waals surface area contributed by atoms with E-state index in [2.05, 4.69) is 53.4 Å². The summed E-state index contributed by atoms with van der Waals surface area (Å²) in [6.45, 7) is 7.83. The van der Waals surface area contributed by atoms with Crippen LogP contribution in [0.1, 0.15) is 24.0 Å². The number of hydrogen-bond donors (Lipinski definition) is 1. The van der Waals surface area contributed by atoms with Crippen molar-refractivity contribution >= 4 is 0 Å². The summed E-state index contributed by atoms with van der Waals surface area (Å²) >= 11 is 0. The molecular weight excluding hydrogens is 222 g/mol. The van der Waals surface area contributed by atoms with E-state index in [1.807, 2.05) is 13.0 Å². The zero-order chi connectivity index (χ0) is 13.0. The van der Waals surface area contributed by atoms with Crippen LogP contribution in [0.25, 0.3) is 11.3 Å². The molecule has 0 spiro atoms. The minimum atomic E-state index is 0.719. The van der Waals surface area contributed by atoms with Crippen molar-refractivity contribution < 1.29 is 0 Å². The second-order valence-corrected chi connectivity index (χ2v) is 4.46. The standard InChI is InChI=1S/C15H19N3/c1-4-16-10-15-17-12(3)9-14(18-15)13-7-5-6-11(2)8-13/h5-9,16H,4,10H2,1-3H3. The van der Waals surface area contributed by atoms with Gasteiger partial charge in [-0.1, -0.05) is 30.7 Å². The number of nitrogens with one attached hydrogen (secondary N) is 1. The van der Waals surface area contributed by atoms with E-state index in [9.17, 15) is 0 Å². The molecule has 0 atom stereocenters. The molecule has 0 unspecified atom stereocenters. The molecule has 0 saturated carbocycles. The third-order valence-electron chi connectivity index (χ3n) is 2.75. The van der Waals surface area contributed by atoms with Gasteiger partial charge in [-0.05, 0) is 32.5 Å². The van der Waals surface area contributed by atoms with Crippen molar-refractivity contribution in [2.24, 2.45) is 0 Å². The van der Waals surface area contributed by atoms with Gasteiger partial charge in [0, 0.05) is 11.3 Å². The Kier molecular flexibility index (Phi) is 4.05. The Bertz CT molecular complexity index is 535. The van der Waals surface area contributed by atoms with Crippen LogP contribution in [0.4, 0.5) is 0 Å². The molecule has 0 aliphatic rings. The normalized spacial score (nSPS) is 10.6. The smallest absolute Gasteiger partial charge is 0.143 e. The predicted octanol–water partition coefficient (Wildman–Crippen LogP) is 2.87. The van der Waals surface area contributed by atoms with Crippen LogP contribution >= 0.6 is 0 Å². The Morgan fingerprint density at radius 3 is 2.67 bits per heavy atom. The van der Waals surface area contributed by atoms with E-state index in [0.29, 0.717) is 0 Å². The number of hydrogen-bond acceptors (Lipinski definition) is 3. The molecule has 1 N–H and O–H groups in total. The first-order valence-electron chi connectivity index (χ1n) is 6.31. The Hall–Kier alpha value is -1.74. The molecule has 3 nitrogen and oxygen atoms in total. The molecule has 1 aromatic heterocycles. The van der Waals surface area contributed by atoms with E-state index >= 15 is 0 Å². The van der Waals surface area contributed by atoms with Crippen LogP contribution in [0.15, 0.2) is 30.3 Å². The average molecular weight is 241 g/mol. The molecule has 1 aromatic carbocycles. The summed E-state index contributed by atoms with van der Waals surface area (Å²) in [6.07, 6.45) is 0. The molecule has 2 rings (SSSR count). The number of benzene rings is 1. The van der Waals surface area contributed by atoms with Gasteiger partial charge in [-0.15, -0.1) is 0 Å². The van der Waals surface area contributed by atoms with E-state index < -0.39 is 0 Å². The van der Waals surface area contributed by atoms with Crippen LogP contribution in [-0.2, 0) is 6.54 Å². The number of aryl methyl sites for hydroxylation is 2. The van der Waals surface area contributed by atoms with Gasteiger partial charge in [-0.25, -0.2) is 9.97 Å². The van der Waals surface area contributed by atoms with Crippen molar-refractivity contribution in [2.45, 2.75) is 27.3 Å². The molecule has 0 fully saturated rings. The minimum Gasteiger partial charge on any atom is -0.310 e. The van der Waals surface area contributed by atoms with Crippen LogP contribution in [-0.4, -0.2) is 16.5 Å². The van der Waals surface area contributed by atoms with Crippen LogP contribution in [0.2, 0.25) is 0 Å². The first-order valence-corrected chi connectivity index (χ1v) is 6.31. The summed E-state index contributed by atoms with van der Waals surface area (Å²) in [5.41, 5.74) is 4.41. The second-order valence-electron chi connectivity index (χ2n) is 4.46. The average Bonchev–Trinajstić information content (AvgIpc) is 2.36. The number of nitrogens with zero attached hydrogens (tertiary/aromatic N) is 2. The molecule has 0 radical (unpaired) electrons. The molecule has 0 aliphatic carbocycles. The van der Waals surface area contributed by atoms with Gasteiger partial charge in [0.2, 0.25) is 0 Å². The van der Waals surface area contributed by atoms with Crippen molar-refractivity contribution in [1.29, 1.82) is 0 Å². The van der Waals surface area contributed by atoms with Gasteiger partial charge < -0.3 is 5.32 Å². The van der Waals surface area contributed by atoms with E-state index in [4.69, 9.17) is 0 Å². The maximum atomic E-state index is 4.61. The van der Waals surface area contributed by atoms with E-state index in [1.54, 1.807) is 0 Å². The molecule has 18 heavy (non-hydrogen) atoms. The lowest BCUT2D eigenvalue weighted by molar-refractivity contribution is 0.688. The largest absolute Gasteiger partial charge is 0.310 e. The summed E-state index contributed by atoms with van der Waals surface area (Å²) in [5, 5.41) is 3.26. The molecule has 1 heterocycles. The number of rotatable bonds is 4. The fourth-order valence-electron chi connectivity index (χ4n) is 1.90. The summed E-state index contributed by atoms with van der Waals surface area (Å²) in [7, 11) is 0. The maximum Gasteiger partial charge on any atom is 0.143 e. The first kappa shape index (κ1) is 12.7. The summed E-state index contributed by atoms with van der Waals surface area (Å²) in [4.78, 5) is 9.05. The first-order chi connectivity index (χ1) is 8.69. The van der Waals surface area contributed by atoms with Crippen LogP contribution in [0.5, 0.6) is 0 Å². The maximum absolute atomic E-state index is 4.61. The highest BCUT2D eigenvalue weighted by Gasteiger charge is 2.04. The predicted molar refractivity (Wildman–Crippen MR) is 74.3 cm³/mol. The van der Waals surface area contributed by atoms with Crippen LogP contribution in [0.3, 0.4) is 0 Å². The SMILES string of the molecule is CCNCc1nc(C)cc(-c2cccc(C)c2)n1. The molecule has 0 amide bonds. The Labute approximate surface area is 108 Å². The van der Waals surface area contributed by atoms with Crippen molar-refractivity contribution in [3.63, 3.8) is 0 Å². The van der Waals surface area contributed by atoms with Crippen molar-refractivity contribution in [3.05, 3.63) is 47.4 Å². The van der Waals surface area contributed by atoms with Gasteiger partial charge in [-0.2, -0.15) is 0 Å². The highest BCUT2D eigenvalue weighted by atomic mass is 15.0. The van der Waals surface area contributed by atoms with Crippen molar-refractivity contribution in [1.82, 2.24) is 15.3 Å². The fourth-order valence-corrected chi connectivity index (χ4v) is 1.90. The lowest BCUT2D eigenvalue weighted by Crippen LogP contribution is -2.15. The number of aromatic nitrogens is 2. The Balaban J connectivity index is 2.35. The summed E-state index contributed by atoms with van der Waals surface area (Å²) < 4.78 is 0. The van der Waals surface area contributed by atoms with E-state index in [1.165, 1.54) is 5.56 Å². The lowest BCUT2D eigenvalue weighted by atomic mass is 10.1. The highest BCUT2D eigenvalue weighted by Crippen LogP contribution is 2.18. The third-order valence-corrected chi connectivity index (χ3v) is 2.75. The van der Waals surface area contributed by atoms with Gasteiger partial charge in [0.1, 0.15) is 5.82 Å². The van der Waals surface area contributed by atoms with Gasteiger partial charge in [0.25, 0.3) is 0 Å². The zero-order valence-corrected chi connectivity index (χ0v) is 11.2. The molecule has 0 aliphatic heterocycles.